The van der Waals surface area contributed by atoms with Gasteiger partial charge in [0.15, 0.2) is 0 Å². The van der Waals surface area contributed by atoms with Gasteiger partial charge in [0, 0.05) is 29.4 Å². The van der Waals surface area contributed by atoms with E-state index in [9.17, 15) is 14.0 Å². The molecule has 0 bridgehead atoms. The third kappa shape index (κ3) is 4.54. The van der Waals surface area contributed by atoms with Crippen LogP contribution in [-0.4, -0.2) is 44.5 Å². The molecule has 6 rings (SSSR count). The van der Waals surface area contributed by atoms with Gasteiger partial charge in [0.25, 0.3) is 11.8 Å². The minimum absolute atomic E-state index is 0.0768. The lowest BCUT2D eigenvalue weighted by Crippen LogP contribution is -2.42. The van der Waals surface area contributed by atoms with Gasteiger partial charge in [0.2, 0.25) is 12.1 Å². The van der Waals surface area contributed by atoms with Gasteiger partial charge in [-0.2, -0.15) is 9.49 Å². The van der Waals surface area contributed by atoms with Crippen molar-refractivity contribution in [3.05, 3.63) is 95.1 Å². The highest BCUT2D eigenvalue weighted by Gasteiger charge is 2.33. The van der Waals surface area contributed by atoms with Crippen LogP contribution in [0.15, 0.2) is 71.7 Å². The van der Waals surface area contributed by atoms with E-state index in [1.165, 1.54) is 0 Å². The fraction of sp³-hybridized carbons (Fsp3) is 0.207. The molecule has 2 amide bonds. The maximum absolute atomic E-state index is 15.0. The Bertz CT molecular complexity index is 1630. The second-order valence-corrected chi connectivity index (χ2v) is 9.67. The van der Waals surface area contributed by atoms with E-state index in [4.69, 9.17) is 4.99 Å². The highest BCUT2D eigenvalue weighted by atomic mass is 19.1. The summed E-state index contributed by atoms with van der Waals surface area (Å²) in [7, 11) is 0. The Labute approximate surface area is 224 Å². The fourth-order valence-electron chi connectivity index (χ4n) is 4.87. The number of halogens is 1. The van der Waals surface area contributed by atoms with Crippen molar-refractivity contribution in [1.82, 2.24) is 20.1 Å². The van der Waals surface area contributed by atoms with Crippen LogP contribution in [0.2, 0.25) is 0 Å². The Hall–Kier alpha value is -4.86. The second-order valence-electron chi connectivity index (χ2n) is 9.67. The highest BCUT2D eigenvalue weighted by molar-refractivity contribution is 6.20. The van der Waals surface area contributed by atoms with E-state index in [1.54, 1.807) is 29.8 Å². The van der Waals surface area contributed by atoms with Crippen LogP contribution < -0.4 is 16.0 Å². The number of nitrogens with one attached hydrogen (secondary N) is 3. The topological polar surface area (TPSA) is 113 Å². The number of benzodiazepines with no additional fused rings is 1. The van der Waals surface area contributed by atoms with E-state index in [0.29, 0.717) is 29.5 Å². The van der Waals surface area contributed by atoms with Crippen molar-refractivity contribution < 1.29 is 14.0 Å². The Morgan fingerprint density at radius 3 is 2.62 bits per heavy atom. The van der Waals surface area contributed by atoms with Crippen molar-refractivity contribution >= 4 is 29.0 Å². The lowest BCUT2D eigenvalue weighted by Gasteiger charge is -2.23. The number of anilines is 2. The van der Waals surface area contributed by atoms with Gasteiger partial charge in [0.05, 0.1) is 17.0 Å². The largest absolute Gasteiger partial charge is 0.367 e. The van der Waals surface area contributed by atoms with E-state index >= 15 is 0 Å². The number of amides is 2. The number of hydrogen-bond acceptors (Lipinski definition) is 6. The maximum atomic E-state index is 15.0. The van der Waals surface area contributed by atoms with Crippen LogP contribution in [0.3, 0.4) is 0 Å². The van der Waals surface area contributed by atoms with Crippen molar-refractivity contribution in [1.29, 1.82) is 0 Å². The molecule has 2 aromatic heterocycles. The third-order valence-corrected chi connectivity index (χ3v) is 6.84. The normalized spacial score (nSPS) is 18.1. The van der Waals surface area contributed by atoms with Gasteiger partial charge >= 0.3 is 0 Å². The average Bonchev–Trinajstić information content (AvgIpc) is 3.23. The predicted octanol–water partition coefficient (Wildman–Crippen LogP) is 4.14. The molecule has 2 atom stereocenters. The molecule has 0 radical (unpaired) electrons. The molecular weight excluding hydrogens is 497 g/mol. The van der Waals surface area contributed by atoms with Gasteiger partial charge in [-0.25, -0.2) is 14.7 Å². The summed E-state index contributed by atoms with van der Waals surface area (Å²) in [4.78, 5) is 35.8. The van der Waals surface area contributed by atoms with Crippen molar-refractivity contribution in [2.24, 2.45) is 4.99 Å². The maximum Gasteiger partial charge on any atom is 0.269 e. The molecule has 0 unspecified atom stereocenters. The molecule has 0 fully saturated rings. The van der Waals surface area contributed by atoms with Gasteiger partial charge < -0.3 is 16.0 Å². The molecule has 0 spiro atoms. The molecule has 0 saturated carbocycles. The number of fused-ring (bicyclic) bond motifs is 2. The monoisotopic (exact) mass is 523 g/mol. The zero-order chi connectivity index (χ0) is 27.1. The van der Waals surface area contributed by atoms with E-state index in [2.05, 4.69) is 26.0 Å². The quantitative estimate of drug-likeness (QED) is 0.348. The predicted molar refractivity (Wildman–Crippen MR) is 146 cm³/mol. The smallest absolute Gasteiger partial charge is 0.269 e. The van der Waals surface area contributed by atoms with Gasteiger partial charge in [-0.3, -0.25) is 9.59 Å². The van der Waals surface area contributed by atoms with E-state index in [0.717, 1.165) is 17.5 Å². The van der Waals surface area contributed by atoms with Crippen molar-refractivity contribution in [2.45, 2.75) is 39.0 Å². The zero-order valence-corrected chi connectivity index (χ0v) is 21.4. The lowest BCUT2D eigenvalue weighted by molar-refractivity contribution is -0.117. The number of carbonyl (C=O) groups is 2. The summed E-state index contributed by atoms with van der Waals surface area (Å²) in [5.74, 6) is -1.35. The molecule has 0 aliphatic carbocycles. The van der Waals surface area contributed by atoms with Gasteiger partial charge in [-0.15, -0.1) is 0 Å². The van der Waals surface area contributed by atoms with E-state index < -0.39 is 23.9 Å². The number of rotatable bonds is 4. The number of pyridine rings is 1. The summed E-state index contributed by atoms with van der Waals surface area (Å²) in [5.41, 5.74) is 3.59. The van der Waals surface area contributed by atoms with Crippen LogP contribution in [0, 0.1) is 12.9 Å². The molecule has 2 aromatic carbocycles. The van der Waals surface area contributed by atoms with Crippen LogP contribution in [0.25, 0.3) is 11.3 Å². The molecular formula is C29H26FN7O2. The number of benzene rings is 2. The number of para-hydroxylation sites is 1. The first-order valence-electron chi connectivity index (χ1n) is 12.7. The minimum atomic E-state index is -1.24. The summed E-state index contributed by atoms with van der Waals surface area (Å²) in [6.45, 7) is 4.24. The molecule has 0 saturated heterocycles. The van der Waals surface area contributed by atoms with Crippen LogP contribution in [0.4, 0.5) is 15.9 Å². The molecule has 9 nitrogen and oxygen atoms in total. The van der Waals surface area contributed by atoms with Crippen molar-refractivity contribution in [3.8, 4) is 11.3 Å². The van der Waals surface area contributed by atoms with Gasteiger partial charge in [-0.1, -0.05) is 48.5 Å². The molecule has 3 N–H and O–H groups in total. The Kier molecular flexibility index (Phi) is 6.14. The number of aliphatic imine (C=N–C) groups is 1. The zero-order valence-electron chi connectivity index (χ0n) is 21.4. The first kappa shape index (κ1) is 24.5. The standard InChI is InChI=1S/C29H26FN7O2/c1-16-12-13-20(25(30)31-16)24-22(27-32-17(2)14-15-37(27)36-24)28(38)35-26-29(39)33-21-11-7-6-10-19(21)23(34-26)18-8-4-3-5-9-18/h3-13,17,26,32H,14-15H2,1-2H3,(H,33,39)(H,35,38)/t17-,26-/m1/s1. The number of carbonyl (C=O) groups excluding carboxylic acids is 2. The first-order chi connectivity index (χ1) is 18.9. The summed E-state index contributed by atoms with van der Waals surface area (Å²) >= 11 is 0. The second kappa shape index (κ2) is 9.79. The Balaban J connectivity index is 1.43. The van der Waals surface area contributed by atoms with Crippen molar-refractivity contribution in [2.75, 3.05) is 10.6 Å². The van der Waals surface area contributed by atoms with E-state index in [1.807, 2.05) is 55.5 Å². The van der Waals surface area contributed by atoms with Crippen LogP contribution >= 0.6 is 0 Å². The number of aryl methyl sites for hydroxylation is 2. The van der Waals surface area contributed by atoms with Gasteiger partial charge in [-0.05, 0) is 38.5 Å². The summed E-state index contributed by atoms with van der Waals surface area (Å²) in [6, 6.07) is 20.1. The summed E-state index contributed by atoms with van der Waals surface area (Å²) in [6.07, 6.45) is -0.455. The van der Waals surface area contributed by atoms with Crippen LogP contribution in [0.5, 0.6) is 0 Å². The summed E-state index contributed by atoms with van der Waals surface area (Å²) < 4.78 is 16.6. The molecule has 2 aliphatic rings. The van der Waals surface area contributed by atoms with Crippen LogP contribution in [-0.2, 0) is 11.3 Å². The molecule has 4 aromatic rings. The molecule has 4 heterocycles. The Morgan fingerprint density at radius 1 is 1.05 bits per heavy atom. The Morgan fingerprint density at radius 2 is 1.82 bits per heavy atom. The highest BCUT2D eigenvalue weighted by Crippen LogP contribution is 2.33. The SMILES string of the molecule is Cc1ccc(-c2nn3c(c2C(=O)N[C@H]2N=C(c4ccccc4)c4ccccc4NC2=O)N[C@H](C)CC3)c(F)n1. The number of nitrogens with zero attached hydrogens (tertiary/aromatic N) is 4. The van der Waals surface area contributed by atoms with Gasteiger partial charge in [0.1, 0.15) is 17.1 Å². The van der Waals surface area contributed by atoms with Crippen LogP contribution in [0.1, 0.15) is 40.5 Å². The molecule has 39 heavy (non-hydrogen) atoms. The lowest BCUT2D eigenvalue weighted by atomic mass is 10.0. The number of hydrogen-bond donors (Lipinski definition) is 3. The molecule has 2 aliphatic heterocycles. The fourth-order valence-corrected chi connectivity index (χ4v) is 4.87. The molecule has 196 valence electrons. The van der Waals surface area contributed by atoms with Crippen molar-refractivity contribution in [3.63, 3.8) is 0 Å². The number of aromatic nitrogens is 3. The minimum Gasteiger partial charge on any atom is -0.367 e. The average molecular weight is 524 g/mol. The molecule has 10 heteroatoms. The first-order valence-corrected chi connectivity index (χ1v) is 12.7. The third-order valence-electron chi connectivity index (χ3n) is 6.84. The summed E-state index contributed by atoms with van der Waals surface area (Å²) in [5, 5.41) is 13.5. The van der Waals surface area contributed by atoms with E-state index in [-0.39, 0.29) is 22.9 Å².